The molecule has 0 aliphatic carbocycles. The Labute approximate surface area is 111 Å². The zero-order valence-corrected chi connectivity index (χ0v) is 11.1. The molecule has 104 valence electrons. The van der Waals surface area contributed by atoms with Crippen LogP contribution in [-0.2, 0) is 11.3 Å². The van der Waals surface area contributed by atoms with Crippen molar-refractivity contribution < 1.29 is 13.6 Å². The van der Waals surface area contributed by atoms with Crippen LogP contribution < -0.4 is 5.32 Å². The Bertz CT molecular complexity index is 477. The van der Waals surface area contributed by atoms with Crippen molar-refractivity contribution in [2.75, 3.05) is 6.54 Å². The molecule has 0 spiro atoms. The predicted octanol–water partition coefficient (Wildman–Crippen LogP) is 2.06. The molecule has 1 amide bonds. The number of rotatable bonds is 4. The van der Waals surface area contributed by atoms with Gasteiger partial charge in [0, 0.05) is 24.7 Å². The van der Waals surface area contributed by atoms with Gasteiger partial charge in [-0.05, 0) is 24.6 Å². The number of benzene rings is 1. The molecule has 2 rings (SSSR count). The molecule has 0 aromatic heterocycles. The van der Waals surface area contributed by atoms with Crippen molar-refractivity contribution in [3.63, 3.8) is 0 Å². The minimum atomic E-state index is -0.486. The van der Waals surface area contributed by atoms with Gasteiger partial charge in [-0.25, -0.2) is 8.78 Å². The third-order valence-corrected chi connectivity index (χ3v) is 3.20. The standard InChI is InChI=1S/C14H18F2N2O/c1-9(2)17-13-5-6-18(14(13)19)8-10-7-11(15)3-4-12(10)16/h3-4,7,9,13,17H,5-6,8H2,1-2H3. The summed E-state index contributed by atoms with van der Waals surface area (Å²) in [6.07, 6.45) is 0.702. The van der Waals surface area contributed by atoms with Crippen LogP contribution in [0.15, 0.2) is 18.2 Å². The molecular formula is C14H18F2N2O. The first-order valence-electron chi connectivity index (χ1n) is 6.46. The van der Waals surface area contributed by atoms with Crippen LogP contribution in [0, 0.1) is 11.6 Å². The fourth-order valence-corrected chi connectivity index (χ4v) is 2.32. The van der Waals surface area contributed by atoms with Gasteiger partial charge in [0.15, 0.2) is 0 Å². The summed E-state index contributed by atoms with van der Waals surface area (Å²) in [7, 11) is 0. The number of nitrogens with zero attached hydrogens (tertiary/aromatic N) is 1. The number of carbonyl (C=O) groups is 1. The van der Waals surface area contributed by atoms with E-state index < -0.39 is 11.6 Å². The summed E-state index contributed by atoms with van der Waals surface area (Å²) >= 11 is 0. The van der Waals surface area contributed by atoms with Crippen LogP contribution in [0.3, 0.4) is 0 Å². The highest BCUT2D eigenvalue weighted by Crippen LogP contribution is 2.18. The fourth-order valence-electron chi connectivity index (χ4n) is 2.32. The van der Waals surface area contributed by atoms with E-state index in [9.17, 15) is 13.6 Å². The van der Waals surface area contributed by atoms with E-state index in [4.69, 9.17) is 0 Å². The number of hydrogen-bond acceptors (Lipinski definition) is 2. The van der Waals surface area contributed by atoms with Crippen LogP contribution >= 0.6 is 0 Å². The smallest absolute Gasteiger partial charge is 0.240 e. The van der Waals surface area contributed by atoms with E-state index in [1.165, 1.54) is 0 Å². The molecular weight excluding hydrogens is 250 g/mol. The SMILES string of the molecule is CC(C)NC1CCN(Cc2cc(F)ccc2F)C1=O. The van der Waals surface area contributed by atoms with Gasteiger partial charge in [-0.2, -0.15) is 0 Å². The summed E-state index contributed by atoms with van der Waals surface area (Å²) in [4.78, 5) is 13.7. The van der Waals surface area contributed by atoms with E-state index in [1.54, 1.807) is 4.90 Å². The molecule has 1 aromatic carbocycles. The van der Waals surface area contributed by atoms with Crippen molar-refractivity contribution in [1.82, 2.24) is 10.2 Å². The van der Waals surface area contributed by atoms with Crippen molar-refractivity contribution >= 4 is 5.91 Å². The van der Waals surface area contributed by atoms with E-state index in [0.29, 0.717) is 13.0 Å². The van der Waals surface area contributed by atoms with Gasteiger partial charge in [-0.1, -0.05) is 13.8 Å². The second kappa shape index (κ2) is 5.65. The summed E-state index contributed by atoms with van der Waals surface area (Å²) in [5.74, 6) is -1.01. The van der Waals surface area contributed by atoms with Gasteiger partial charge in [0.05, 0.1) is 6.04 Å². The molecule has 1 aliphatic heterocycles. The lowest BCUT2D eigenvalue weighted by atomic mass is 10.2. The van der Waals surface area contributed by atoms with E-state index >= 15 is 0 Å². The molecule has 1 heterocycles. The Morgan fingerprint density at radius 3 is 2.84 bits per heavy atom. The molecule has 1 aliphatic rings. The summed E-state index contributed by atoms with van der Waals surface area (Å²) in [5, 5.41) is 3.17. The topological polar surface area (TPSA) is 32.3 Å². The van der Waals surface area contributed by atoms with E-state index in [-0.39, 0.29) is 30.1 Å². The highest BCUT2D eigenvalue weighted by molar-refractivity contribution is 5.84. The third kappa shape index (κ3) is 3.29. The molecule has 3 nitrogen and oxygen atoms in total. The molecule has 1 N–H and O–H groups in total. The fraction of sp³-hybridized carbons (Fsp3) is 0.500. The third-order valence-electron chi connectivity index (χ3n) is 3.20. The van der Waals surface area contributed by atoms with Gasteiger partial charge in [0.25, 0.3) is 0 Å². The van der Waals surface area contributed by atoms with Crippen LogP contribution in [0.5, 0.6) is 0 Å². The summed E-state index contributed by atoms with van der Waals surface area (Å²) in [6, 6.07) is 3.32. The second-order valence-electron chi connectivity index (χ2n) is 5.16. The summed E-state index contributed by atoms with van der Waals surface area (Å²) < 4.78 is 26.6. The Morgan fingerprint density at radius 1 is 1.42 bits per heavy atom. The Balaban J connectivity index is 2.04. The van der Waals surface area contributed by atoms with Crippen molar-refractivity contribution in [3.8, 4) is 0 Å². The summed E-state index contributed by atoms with van der Waals surface area (Å²) in [6.45, 7) is 4.64. The van der Waals surface area contributed by atoms with E-state index in [0.717, 1.165) is 18.2 Å². The van der Waals surface area contributed by atoms with Gasteiger partial charge in [-0.15, -0.1) is 0 Å². The molecule has 19 heavy (non-hydrogen) atoms. The molecule has 0 radical (unpaired) electrons. The van der Waals surface area contributed by atoms with Gasteiger partial charge in [0.1, 0.15) is 11.6 Å². The van der Waals surface area contributed by atoms with Crippen LogP contribution in [0.4, 0.5) is 8.78 Å². The van der Waals surface area contributed by atoms with Crippen LogP contribution in [0.25, 0.3) is 0 Å². The monoisotopic (exact) mass is 268 g/mol. The molecule has 1 aromatic rings. The summed E-state index contributed by atoms with van der Waals surface area (Å²) in [5.41, 5.74) is 0.221. The minimum Gasteiger partial charge on any atom is -0.337 e. The first kappa shape index (κ1) is 13.9. The van der Waals surface area contributed by atoms with Gasteiger partial charge < -0.3 is 10.2 Å². The van der Waals surface area contributed by atoms with E-state index in [2.05, 4.69) is 5.32 Å². The number of carbonyl (C=O) groups excluding carboxylic acids is 1. The zero-order valence-electron chi connectivity index (χ0n) is 11.1. The Morgan fingerprint density at radius 2 is 2.16 bits per heavy atom. The lowest BCUT2D eigenvalue weighted by Gasteiger charge is -2.18. The lowest BCUT2D eigenvalue weighted by Crippen LogP contribution is -2.41. The Hall–Kier alpha value is -1.49. The average Bonchev–Trinajstić information content (AvgIpc) is 2.66. The highest BCUT2D eigenvalue weighted by atomic mass is 19.1. The molecule has 1 fully saturated rings. The van der Waals surface area contributed by atoms with Gasteiger partial charge >= 0.3 is 0 Å². The molecule has 1 atom stereocenters. The lowest BCUT2D eigenvalue weighted by molar-refractivity contribution is -0.130. The normalized spacial score (nSPS) is 19.5. The van der Waals surface area contributed by atoms with Crippen LogP contribution in [0.2, 0.25) is 0 Å². The Kier molecular flexibility index (Phi) is 4.14. The number of halogens is 2. The maximum atomic E-state index is 13.5. The predicted molar refractivity (Wildman–Crippen MR) is 68.5 cm³/mol. The number of likely N-dealkylation sites (tertiary alicyclic amines) is 1. The van der Waals surface area contributed by atoms with Crippen LogP contribution in [-0.4, -0.2) is 29.4 Å². The van der Waals surface area contributed by atoms with Crippen molar-refractivity contribution in [3.05, 3.63) is 35.4 Å². The minimum absolute atomic E-state index is 0.0441. The maximum Gasteiger partial charge on any atom is 0.240 e. The quantitative estimate of drug-likeness (QED) is 0.906. The van der Waals surface area contributed by atoms with Crippen LogP contribution in [0.1, 0.15) is 25.8 Å². The van der Waals surface area contributed by atoms with Crippen molar-refractivity contribution in [2.24, 2.45) is 0 Å². The largest absolute Gasteiger partial charge is 0.337 e. The van der Waals surface area contributed by atoms with Gasteiger partial charge in [-0.3, -0.25) is 4.79 Å². The average molecular weight is 268 g/mol. The van der Waals surface area contributed by atoms with Gasteiger partial charge in [0.2, 0.25) is 5.91 Å². The number of hydrogen-bond donors (Lipinski definition) is 1. The number of amides is 1. The van der Waals surface area contributed by atoms with Crippen molar-refractivity contribution in [2.45, 2.75) is 38.9 Å². The molecule has 0 bridgehead atoms. The highest BCUT2D eigenvalue weighted by Gasteiger charge is 2.31. The molecule has 1 unspecified atom stereocenters. The first-order valence-corrected chi connectivity index (χ1v) is 6.46. The molecule has 1 saturated heterocycles. The van der Waals surface area contributed by atoms with Crippen molar-refractivity contribution in [1.29, 1.82) is 0 Å². The molecule has 5 heteroatoms. The van der Waals surface area contributed by atoms with E-state index in [1.807, 2.05) is 13.8 Å². The first-order chi connectivity index (χ1) is 8.97. The zero-order chi connectivity index (χ0) is 14.0. The number of nitrogens with one attached hydrogen (secondary N) is 1. The maximum absolute atomic E-state index is 13.5. The second-order valence-corrected chi connectivity index (χ2v) is 5.16. The molecule has 0 saturated carbocycles.